The summed E-state index contributed by atoms with van der Waals surface area (Å²) in [6, 6.07) is -0.553. The summed E-state index contributed by atoms with van der Waals surface area (Å²) in [6.07, 6.45) is 58.6. The normalized spacial score (nSPS) is 12.8. The molecule has 3 N–H and O–H groups in total. The van der Waals surface area contributed by atoms with Crippen molar-refractivity contribution in [1.29, 1.82) is 0 Å². The zero-order valence-electron chi connectivity index (χ0n) is 40.2. The Balaban J connectivity index is 3.45. The molecule has 60 heavy (non-hydrogen) atoms. The number of unbranched alkanes of at least 4 members (excludes halogenated alkanes) is 34. The fraction of sp³-hybridized carbons (Fsp3) is 0.889. The lowest BCUT2D eigenvalue weighted by atomic mass is 10.0. The Labute approximate surface area is 373 Å². The van der Waals surface area contributed by atoms with Gasteiger partial charge in [-0.2, -0.15) is 0 Å². The summed E-state index contributed by atoms with van der Waals surface area (Å²) < 4.78 is 5.47. The molecule has 0 fully saturated rings. The van der Waals surface area contributed by atoms with Crippen molar-refractivity contribution >= 4 is 11.9 Å². The summed E-state index contributed by atoms with van der Waals surface area (Å²) in [6.45, 7) is 4.90. The van der Waals surface area contributed by atoms with Crippen LogP contribution in [0.1, 0.15) is 284 Å². The molecule has 0 aliphatic rings. The maximum absolute atomic E-state index is 12.4. The van der Waals surface area contributed by atoms with Gasteiger partial charge in [-0.1, -0.05) is 237 Å². The quantitative estimate of drug-likeness (QED) is 0.0322. The highest BCUT2D eigenvalue weighted by Crippen LogP contribution is 2.16. The van der Waals surface area contributed by atoms with Crippen LogP contribution in [0.5, 0.6) is 0 Å². The maximum Gasteiger partial charge on any atom is 0.305 e. The number of ether oxygens (including phenoxy) is 1. The Morgan fingerprint density at radius 3 is 1.28 bits per heavy atom. The molecule has 0 aliphatic carbocycles. The SMILES string of the molecule is CCCCCC/C=C\C/C=C\CCCCCCCCCC(=O)OCCCCCCCCCCCCCCC(=O)NC(CO)C(O)CCCCCCCCCCCCCCC. The second kappa shape index (κ2) is 50.0. The van der Waals surface area contributed by atoms with Crippen LogP contribution in [0, 0.1) is 0 Å². The average molecular weight is 846 g/mol. The Morgan fingerprint density at radius 2 is 0.833 bits per heavy atom. The number of esters is 1. The highest BCUT2D eigenvalue weighted by atomic mass is 16.5. The van der Waals surface area contributed by atoms with Crippen molar-refractivity contribution in [2.24, 2.45) is 0 Å². The van der Waals surface area contributed by atoms with E-state index in [1.165, 1.54) is 186 Å². The molecule has 0 spiro atoms. The summed E-state index contributed by atoms with van der Waals surface area (Å²) >= 11 is 0. The molecule has 0 rings (SSSR count). The third-order valence-corrected chi connectivity index (χ3v) is 12.3. The van der Waals surface area contributed by atoms with E-state index in [4.69, 9.17) is 4.74 Å². The maximum atomic E-state index is 12.4. The van der Waals surface area contributed by atoms with E-state index in [0.29, 0.717) is 25.9 Å². The molecule has 0 aromatic rings. The number of amides is 1. The van der Waals surface area contributed by atoms with Crippen LogP contribution in [-0.4, -0.2) is 47.4 Å². The van der Waals surface area contributed by atoms with Gasteiger partial charge in [0.15, 0.2) is 0 Å². The Bertz CT molecular complexity index is 935. The molecular formula is C54H103NO5. The van der Waals surface area contributed by atoms with Crippen LogP contribution in [0.4, 0.5) is 0 Å². The lowest BCUT2D eigenvalue weighted by molar-refractivity contribution is -0.143. The van der Waals surface area contributed by atoms with E-state index in [0.717, 1.165) is 64.2 Å². The molecule has 0 saturated heterocycles. The van der Waals surface area contributed by atoms with Gasteiger partial charge in [0.25, 0.3) is 0 Å². The van der Waals surface area contributed by atoms with Gasteiger partial charge in [-0.3, -0.25) is 9.59 Å². The van der Waals surface area contributed by atoms with Crippen molar-refractivity contribution < 1.29 is 24.5 Å². The molecular weight excluding hydrogens is 743 g/mol. The van der Waals surface area contributed by atoms with Crippen molar-refractivity contribution in [3.8, 4) is 0 Å². The first kappa shape index (κ1) is 58.3. The minimum absolute atomic E-state index is 0.0165. The number of hydrogen-bond acceptors (Lipinski definition) is 5. The molecule has 1 amide bonds. The second-order valence-corrected chi connectivity index (χ2v) is 18.2. The second-order valence-electron chi connectivity index (χ2n) is 18.2. The third-order valence-electron chi connectivity index (χ3n) is 12.3. The van der Waals surface area contributed by atoms with Crippen LogP contribution in [-0.2, 0) is 14.3 Å². The van der Waals surface area contributed by atoms with Crippen molar-refractivity contribution in [3.05, 3.63) is 24.3 Å². The van der Waals surface area contributed by atoms with Gasteiger partial charge < -0.3 is 20.3 Å². The van der Waals surface area contributed by atoms with Gasteiger partial charge in [0.05, 0.1) is 25.4 Å². The number of hydrogen-bond donors (Lipinski definition) is 3. The fourth-order valence-corrected chi connectivity index (χ4v) is 8.14. The first-order chi connectivity index (χ1) is 29.5. The van der Waals surface area contributed by atoms with Crippen LogP contribution >= 0.6 is 0 Å². The van der Waals surface area contributed by atoms with E-state index in [9.17, 15) is 19.8 Å². The molecule has 0 heterocycles. The van der Waals surface area contributed by atoms with Crippen molar-refractivity contribution in [3.63, 3.8) is 0 Å². The topological polar surface area (TPSA) is 95.9 Å². The summed E-state index contributed by atoms with van der Waals surface area (Å²) in [7, 11) is 0. The van der Waals surface area contributed by atoms with Crippen LogP contribution in [0.15, 0.2) is 24.3 Å². The van der Waals surface area contributed by atoms with E-state index in [-0.39, 0.29) is 18.5 Å². The molecule has 0 radical (unpaired) electrons. The number of allylic oxidation sites excluding steroid dienone is 4. The van der Waals surface area contributed by atoms with E-state index in [1.54, 1.807) is 0 Å². The molecule has 0 saturated carbocycles. The fourth-order valence-electron chi connectivity index (χ4n) is 8.14. The molecule has 2 atom stereocenters. The van der Waals surface area contributed by atoms with Crippen molar-refractivity contribution in [2.75, 3.05) is 13.2 Å². The Kier molecular flexibility index (Phi) is 48.6. The highest BCUT2D eigenvalue weighted by molar-refractivity contribution is 5.76. The van der Waals surface area contributed by atoms with E-state index >= 15 is 0 Å². The molecule has 6 nitrogen and oxygen atoms in total. The van der Waals surface area contributed by atoms with Gasteiger partial charge >= 0.3 is 5.97 Å². The largest absolute Gasteiger partial charge is 0.466 e. The molecule has 0 aromatic heterocycles. The van der Waals surface area contributed by atoms with Crippen LogP contribution < -0.4 is 5.32 Å². The number of aliphatic hydroxyl groups is 2. The molecule has 0 aromatic carbocycles. The van der Waals surface area contributed by atoms with Gasteiger partial charge in [0.2, 0.25) is 5.91 Å². The summed E-state index contributed by atoms with van der Waals surface area (Å²) in [4.78, 5) is 24.5. The summed E-state index contributed by atoms with van der Waals surface area (Å²) in [5, 5.41) is 23.2. The molecule has 6 heteroatoms. The number of carbonyl (C=O) groups excluding carboxylic acids is 2. The predicted molar refractivity (Wildman–Crippen MR) is 260 cm³/mol. The molecule has 354 valence electrons. The Hall–Kier alpha value is -1.66. The monoisotopic (exact) mass is 846 g/mol. The lowest BCUT2D eigenvalue weighted by Gasteiger charge is -2.22. The number of carbonyl (C=O) groups is 2. The number of nitrogens with one attached hydrogen (secondary N) is 1. The van der Waals surface area contributed by atoms with Crippen LogP contribution in [0.25, 0.3) is 0 Å². The lowest BCUT2D eigenvalue weighted by Crippen LogP contribution is -2.45. The van der Waals surface area contributed by atoms with Gasteiger partial charge in [-0.25, -0.2) is 0 Å². The minimum Gasteiger partial charge on any atom is -0.466 e. The predicted octanol–water partition coefficient (Wildman–Crippen LogP) is 15.9. The van der Waals surface area contributed by atoms with Crippen molar-refractivity contribution in [1.82, 2.24) is 5.32 Å². The molecule has 0 bridgehead atoms. The van der Waals surface area contributed by atoms with Crippen LogP contribution in [0.3, 0.4) is 0 Å². The van der Waals surface area contributed by atoms with E-state index in [1.807, 2.05) is 0 Å². The van der Waals surface area contributed by atoms with Gasteiger partial charge in [-0.05, 0) is 57.8 Å². The van der Waals surface area contributed by atoms with Gasteiger partial charge in [0, 0.05) is 12.8 Å². The standard InChI is InChI=1S/C54H103NO5/c1-3-5-7-9-11-13-15-17-18-19-20-21-23-28-32-36-40-44-48-54(59)60-49-45-41-37-33-29-25-24-27-31-35-39-43-47-53(58)55-51(50-56)52(57)46-42-38-34-30-26-22-16-14-12-10-8-6-4-2/h13,15,18-19,51-52,56-57H,3-12,14,16-17,20-50H2,1-2H3,(H,55,58)/b15-13-,19-18-. The summed E-state index contributed by atoms with van der Waals surface area (Å²) in [5.74, 6) is -0.0675. The molecule has 2 unspecified atom stereocenters. The van der Waals surface area contributed by atoms with E-state index in [2.05, 4.69) is 43.5 Å². The highest BCUT2D eigenvalue weighted by Gasteiger charge is 2.20. The first-order valence-electron chi connectivity index (χ1n) is 26.6. The van der Waals surface area contributed by atoms with Crippen molar-refractivity contribution in [2.45, 2.75) is 296 Å². The number of rotatable bonds is 49. The van der Waals surface area contributed by atoms with Gasteiger partial charge in [-0.15, -0.1) is 0 Å². The number of aliphatic hydroxyl groups excluding tert-OH is 2. The molecule has 0 aliphatic heterocycles. The smallest absolute Gasteiger partial charge is 0.305 e. The zero-order valence-corrected chi connectivity index (χ0v) is 40.2. The summed E-state index contributed by atoms with van der Waals surface area (Å²) in [5.41, 5.74) is 0. The minimum atomic E-state index is -0.674. The first-order valence-corrected chi connectivity index (χ1v) is 26.6. The average Bonchev–Trinajstić information content (AvgIpc) is 3.25. The van der Waals surface area contributed by atoms with Crippen LogP contribution in [0.2, 0.25) is 0 Å². The Morgan fingerprint density at radius 1 is 0.467 bits per heavy atom. The van der Waals surface area contributed by atoms with E-state index < -0.39 is 12.1 Å². The van der Waals surface area contributed by atoms with Gasteiger partial charge in [0.1, 0.15) is 0 Å². The third kappa shape index (κ3) is 45.9. The zero-order chi connectivity index (χ0) is 43.7.